The molecule has 1 saturated carbocycles. The van der Waals surface area contributed by atoms with Crippen LogP contribution in [0, 0.1) is 0 Å². The van der Waals surface area contributed by atoms with Crippen LogP contribution in [-0.2, 0) is 4.74 Å². The molecule has 1 atom stereocenters. The molecule has 2 heterocycles. The molecule has 0 bridgehead atoms. The number of urea groups is 1. The van der Waals surface area contributed by atoms with Crippen LogP contribution in [-0.4, -0.2) is 56.4 Å². The third kappa shape index (κ3) is 3.09. The first kappa shape index (κ1) is 16.0. The van der Waals surface area contributed by atoms with Crippen LogP contribution in [0.4, 0.5) is 4.79 Å². The molecule has 4 rings (SSSR count). The minimum absolute atomic E-state index is 0.0929. The summed E-state index contributed by atoms with van der Waals surface area (Å²) in [6, 6.07) is 9.25. The number of benzene rings is 1. The molecule has 1 N–H and O–H groups in total. The number of tetrazole rings is 1. The van der Waals surface area contributed by atoms with E-state index < -0.39 is 0 Å². The molecular weight excluding hydrogens is 320 g/mol. The van der Waals surface area contributed by atoms with Crippen LogP contribution >= 0.6 is 0 Å². The lowest BCUT2D eigenvalue weighted by Gasteiger charge is -2.48. The second kappa shape index (κ2) is 6.44. The zero-order valence-electron chi connectivity index (χ0n) is 14.3. The van der Waals surface area contributed by atoms with Crippen molar-refractivity contribution in [2.24, 2.45) is 0 Å². The van der Waals surface area contributed by atoms with Crippen molar-refractivity contribution < 1.29 is 9.53 Å². The van der Waals surface area contributed by atoms with Gasteiger partial charge in [-0.05, 0) is 48.7 Å². The van der Waals surface area contributed by atoms with Gasteiger partial charge in [-0.1, -0.05) is 18.2 Å². The highest BCUT2D eigenvalue weighted by Crippen LogP contribution is 2.38. The van der Waals surface area contributed by atoms with Crippen molar-refractivity contribution in [2.45, 2.75) is 37.8 Å². The van der Waals surface area contributed by atoms with Crippen LogP contribution in [0.15, 0.2) is 30.3 Å². The number of rotatable bonds is 3. The number of hydrogen-bond acceptors (Lipinski definition) is 5. The van der Waals surface area contributed by atoms with Gasteiger partial charge in [0.2, 0.25) is 0 Å². The van der Waals surface area contributed by atoms with Gasteiger partial charge in [-0.15, -0.1) is 5.10 Å². The van der Waals surface area contributed by atoms with E-state index >= 15 is 0 Å². The average Bonchev–Trinajstić information content (AvgIpc) is 3.11. The normalized spacial score (nSPS) is 20.1. The van der Waals surface area contributed by atoms with E-state index in [2.05, 4.69) is 20.8 Å². The topological polar surface area (TPSA) is 85.2 Å². The van der Waals surface area contributed by atoms with Crippen molar-refractivity contribution in [1.29, 1.82) is 0 Å². The number of hydrogen-bond donors (Lipinski definition) is 1. The highest BCUT2D eigenvalue weighted by molar-refractivity contribution is 5.74. The maximum absolute atomic E-state index is 12.7. The zero-order valence-corrected chi connectivity index (χ0v) is 14.3. The molecule has 2 amide bonds. The summed E-state index contributed by atoms with van der Waals surface area (Å²) in [5.74, 6) is 0.603. The number of ether oxygens (including phenoxy) is 1. The molecule has 1 aromatic carbocycles. The first-order chi connectivity index (χ1) is 12.2. The van der Waals surface area contributed by atoms with Crippen molar-refractivity contribution in [2.75, 3.05) is 19.7 Å². The Morgan fingerprint density at radius 3 is 2.84 bits per heavy atom. The molecule has 25 heavy (non-hydrogen) atoms. The number of amides is 2. The van der Waals surface area contributed by atoms with Crippen LogP contribution in [0.2, 0.25) is 0 Å². The Morgan fingerprint density at radius 1 is 1.32 bits per heavy atom. The Labute approximate surface area is 146 Å². The van der Waals surface area contributed by atoms with Crippen LogP contribution in [0.3, 0.4) is 0 Å². The summed E-state index contributed by atoms with van der Waals surface area (Å²) in [7, 11) is 0. The number of para-hydroxylation sites is 1. The highest BCUT2D eigenvalue weighted by Gasteiger charge is 2.43. The summed E-state index contributed by atoms with van der Waals surface area (Å²) in [5, 5.41) is 14.9. The van der Waals surface area contributed by atoms with Gasteiger partial charge in [0, 0.05) is 6.54 Å². The maximum Gasteiger partial charge on any atom is 0.318 e. The fourth-order valence-electron chi connectivity index (χ4n) is 3.45. The van der Waals surface area contributed by atoms with Gasteiger partial charge in [0.1, 0.15) is 0 Å². The monoisotopic (exact) mass is 342 g/mol. The van der Waals surface area contributed by atoms with Crippen molar-refractivity contribution in [3.05, 3.63) is 36.2 Å². The predicted octanol–water partition coefficient (Wildman–Crippen LogP) is 1.69. The Bertz CT molecular complexity index is 743. The smallest absolute Gasteiger partial charge is 0.318 e. The Hall–Kier alpha value is -2.48. The van der Waals surface area contributed by atoms with Crippen LogP contribution in [0.1, 0.15) is 38.1 Å². The summed E-state index contributed by atoms with van der Waals surface area (Å²) in [6.45, 7) is 3.77. The first-order valence-electron chi connectivity index (χ1n) is 8.70. The highest BCUT2D eigenvalue weighted by atomic mass is 16.5. The Kier molecular flexibility index (Phi) is 4.12. The third-order valence-corrected chi connectivity index (χ3v) is 5.02. The Balaban J connectivity index is 1.45. The van der Waals surface area contributed by atoms with Gasteiger partial charge in [0.15, 0.2) is 5.82 Å². The van der Waals surface area contributed by atoms with Gasteiger partial charge >= 0.3 is 6.03 Å². The summed E-state index contributed by atoms with van der Waals surface area (Å²) < 4.78 is 7.53. The van der Waals surface area contributed by atoms with E-state index in [4.69, 9.17) is 4.74 Å². The van der Waals surface area contributed by atoms with Crippen molar-refractivity contribution in [1.82, 2.24) is 30.4 Å². The molecule has 1 saturated heterocycles. The maximum atomic E-state index is 12.7. The van der Waals surface area contributed by atoms with Gasteiger partial charge in [-0.2, -0.15) is 4.68 Å². The molecule has 1 aliphatic carbocycles. The second-order valence-corrected chi connectivity index (χ2v) is 6.76. The number of aromatic nitrogens is 4. The first-order valence-corrected chi connectivity index (χ1v) is 8.70. The summed E-state index contributed by atoms with van der Waals surface area (Å²) in [4.78, 5) is 14.5. The number of carbonyl (C=O) groups excluding carboxylic acids is 1. The molecule has 2 aromatic rings. The van der Waals surface area contributed by atoms with Gasteiger partial charge in [-0.3, -0.25) is 0 Å². The van der Waals surface area contributed by atoms with Crippen LogP contribution in [0.25, 0.3) is 5.69 Å². The SMILES string of the molecule is C[C@H](NC(=O)N1CCOC2(CCC2)C1)c1nnnn1-c1ccccc1. The van der Waals surface area contributed by atoms with E-state index in [-0.39, 0.29) is 17.7 Å². The number of nitrogens with zero attached hydrogens (tertiary/aromatic N) is 5. The van der Waals surface area contributed by atoms with Crippen LogP contribution < -0.4 is 5.32 Å². The quantitative estimate of drug-likeness (QED) is 0.917. The van der Waals surface area contributed by atoms with E-state index in [1.165, 1.54) is 6.42 Å². The molecule has 2 fully saturated rings. The average molecular weight is 342 g/mol. The minimum Gasteiger partial charge on any atom is -0.371 e. The lowest BCUT2D eigenvalue weighted by atomic mass is 9.79. The molecule has 2 aliphatic rings. The lowest BCUT2D eigenvalue weighted by Crippen LogP contribution is -2.58. The predicted molar refractivity (Wildman–Crippen MR) is 90.2 cm³/mol. The van der Waals surface area contributed by atoms with Gasteiger partial charge in [0.05, 0.1) is 30.5 Å². The summed E-state index contributed by atoms with van der Waals surface area (Å²) in [5.41, 5.74) is 0.758. The van der Waals surface area contributed by atoms with E-state index in [9.17, 15) is 4.79 Å². The molecular formula is C17H22N6O2. The lowest BCUT2D eigenvalue weighted by molar-refractivity contribution is -0.141. The van der Waals surface area contributed by atoms with Crippen LogP contribution in [0.5, 0.6) is 0 Å². The largest absolute Gasteiger partial charge is 0.371 e. The molecule has 1 aromatic heterocycles. The zero-order chi connectivity index (χ0) is 17.3. The summed E-state index contributed by atoms with van der Waals surface area (Å²) in [6.07, 6.45) is 3.26. The number of morpholine rings is 1. The van der Waals surface area contributed by atoms with Gasteiger partial charge < -0.3 is 15.0 Å². The molecule has 1 spiro atoms. The van der Waals surface area contributed by atoms with E-state index in [1.807, 2.05) is 42.2 Å². The molecule has 1 aliphatic heterocycles. The third-order valence-electron chi connectivity index (χ3n) is 5.02. The molecule has 0 unspecified atom stereocenters. The van der Waals surface area contributed by atoms with Gasteiger partial charge in [0.25, 0.3) is 0 Å². The molecule has 0 radical (unpaired) electrons. The second-order valence-electron chi connectivity index (χ2n) is 6.76. The van der Waals surface area contributed by atoms with Crippen molar-refractivity contribution in [3.63, 3.8) is 0 Å². The number of carbonyl (C=O) groups is 1. The standard InChI is InChI=1S/C17H22N6O2/c1-13(15-19-20-21-23(15)14-6-3-2-4-7-14)18-16(24)22-10-11-25-17(12-22)8-5-9-17/h2-4,6-7,13H,5,8-12H2,1H3,(H,18,24)/t13-/m0/s1. The van der Waals surface area contributed by atoms with E-state index in [1.54, 1.807) is 4.68 Å². The minimum atomic E-state index is -0.303. The van der Waals surface area contributed by atoms with Crippen molar-refractivity contribution in [3.8, 4) is 5.69 Å². The fraction of sp³-hybridized carbons (Fsp3) is 0.529. The molecule has 132 valence electrons. The van der Waals surface area contributed by atoms with E-state index in [0.29, 0.717) is 25.5 Å². The summed E-state index contributed by atoms with van der Waals surface area (Å²) >= 11 is 0. The van der Waals surface area contributed by atoms with Crippen molar-refractivity contribution >= 4 is 6.03 Å². The fourth-order valence-corrected chi connectivity index (χ4v) is 3.45. The number of nitrogens with one attached hydrogen (secondary N) is 1. The Morgan fingerprint density at radius 2 is 2.12 bits per heavy atom. The van der Waals surface area contributed by atoms with E-state index in [0.717, 1.165) is 18.5 Å². The van der Waals surface area contributed by atoms with Gasteiger partial charge in [-0.25, -0.2) is 4.79 Å². The molecule has 8 nitrogen and oxygen atoms in total. The molecule has 8 heteroatoms.